The van der Waals surface area contributed by atoms with Crippen LogP contribution in [0.25, 0.3) is 10.9 Å². The highest BCUT2D eigenvalue weighted by molar-refractivity contribution is 7.83. The van der Waals surface area contributed by atoms with Gasteiger partial charge in [-0.1, -0.05) is 12.1 Å². The molecule has 0 saturated carbocycles. The summed E-state index contributed by atoms with van der Waals surface area (Å²) in [5.41, 5.74) is 3.32. The second-order valence-electron chi connectivity index (χ2n) is 8.67. The molecule has 3 atom stereocenters. The highest BCUT2D eigenvalue weighted by atomic mass is 32.2. The van der Waals surface area contributed by atoms with Crippen LogP contribution < -0.4 is 15.5 Å². The van der Waals surface area contributed by atoms with Gasteiger partial charge < -0.3 is 15.5 Å². The van der Waals surface area contributed by atoms with Crippen LogP contribution in [0.15, 0.2) is 78.0 Å². The van der Waals surface area contributed by atoms with Gasteiger partial charge in [-0.2, -0.15) is 5.26 Å². The highest BCUT2D eigenvalue weighted by Crippen LogP contribution is 2.26. The second-order valence-corrected chi connectivity index (χ2v) is 10.0. The molecule has 0 amide bonds. The first-order valence-corrected chi connectivity index (χ1v) is 12.4. The Morgan fingerprint density at radius 3 is 2.56 bits per heavy atom. The van der Waals surface area contributed by atoms with E-state index in [1.165, 1.54) is 5.69 Å². The van der Waals surface area contributed by atoms with Crippen molar-refractivity contribution in [2.75, 3.05) is 23.3 Å². The third-order valence-corrected chi connectivity index (χ3v) is 7.38. The Morgan fingerprint density at radius 2 is 1.82 bits per heavy atom. The van der Waals surface area contributed by atoms with Gasteiger partial charge in [-0.05, 0) is 56.3 Å². The minimum absolute atomic E-state index is 0.406. The normalized spacial score (nSPS) is 19.0. The fourth-order valence-electron chi connectivity index (χ4n) is 4.47. The van der Waals surface area contributed by atoms with Crippen LogP contribution in [0.2, 0.25) is 0 Å². The molecular formula is C26H26N6OS. The van der Waals surface area contributed by atoms with Crippen molar-refractivity contribution in [3.63, 3.8) is 0 Å². The van der Waals surface area contributed by atoms with Gasteiger partial charge in [0.2, 0.25) is 0 Å². The van der Waals surface area contributed by atoms with Crippen molar-refractivity contribution >= 4 is 39.1 Å². The summed E-state index contributed by atoms with van der Waals surface area (Å²) in [4.78, 5) is 7.41. The molecule has 1 aliphatic rings. The van der Waals surface area contributed by atoms with Gasteiger partial charge in [0.15, 0.2) is 11.0 Å². The maximum Gasteiger partial charge on any atom is 0.158 e. The molecule has 0 aliphatic carbocycles. The van der Waals surface area contributed by atoms with E-state index in [9.17, 15) is 9.47 Å². The average molecular weight is 471 g/mol. The Bertz CT molecular complexity index is 1380. The van der Waals surface area contributed by atoms with Crippen molar-refractivity contribution in [2.45, 2.75) is 30.8 Å². The Kier molecular flexibility index (Phi) is 6.05. The zero-order valence-corrected chi connectivity index (χ0v) is 19.9. The van der Waals surface area contributed by atoms with E-state index in [2.05, 4.69) is 64.7 Å². The number of nitrogens with one attached hydrogen (secondary N) is 2. The zero-order chi connectivity index (χ0) is 23.7. The van der Waals surface area contributed by atoms with E-state index in [1.807, 2.05) is 12.1 Å². The number of fused-ring (bicyclic) bond motifs is 1. The number of pyridine rings is 1. The van der Waals surface area contributed by atoms with Crippen molar-refractivity contribution in [3.8, 4) is 6.07 Å². The number of hydrogen-bond acceptors (Lipinski definition) is 6. The monoisotopic (exact) mass is 470 g/mol. The number of rotatable bonds is 5. The summed E-state index contributed by atoms with van der Waals surface area (Å²) in [5.74, 6) is 0.662. The Morgan fingerprint density at radius 1 is 1.09 bits per heavy atom. The Labute approximate surface area is 201 Å². The Balaban J connectivity index is 1.38. The molecule has 3 heterocycles. The molecule has 1 saturated heterocycles. The summed E-state index contributed by atoms with van der Waals surface area (Å²) in [6, 6.07) is 22.1. The molecule has 0 bridgehead atoms. The molecule has 34 heavy (non-hydrogen) atoms. The maximum absolute atomic E-state index is 13.3. The van der Waals surface area contributed by atoms with Crippen molar-refractivity contribution < 1.29 is 4.21 Å². The largest absolute Gasteiger partial charge is 0.368 e. The van der Waals surface area contributed by atoms with E-state index >= 15 is 0 Å². The van der Waals surface area contributed by atoms with Crippen molar-refractivity contribution in [1.82, 2.24) is 14.3 Å². The fourth-order valence-corrected chi connectivity index (χ4v) is 5.69. The van der Waals surface area contributed by atoms with Crippen LogP contribution in [0.5, 0.6) is 0 Å². The van der Waals surface area contributed by atoms with Gasteiger partial charge in [-0.3, -0.25) is 3.97 Å². The van der Waals surface area contributed by atoms with E-state index in [1.54, 1.807) is 40.6 Å². The third kappa shape index (κ3) is 4.40. The highest BCUT2D eigenvalue weighted by Gasteiger charge is 2.21. The van der Waals surface area contributed by atoms with Gasteiger partial charge in [-0.25, -0.2) is 9.19 Å². The van der Waals surface area contributed by atoms with Crippen LogP contribution >= 0.6 is 0 Å². The van der Waals surface area contributed by atoms with Gasteiger partial charge in [0.05, 0.1) is 16.0 Å². The van der Waals surface area contributed by atoms with Gasteiger partial charge in [0.25, 0.3) is 0 Å². The van der Waals surface area contributed by atoms with Gasteiger partial charge >= 0.3 is 0 Å². The molecule has 1 fully saturated rings. The van der Waals surface area contributed by atoms with Crippen LogP contribution in [-0.4, -0.2) is 38.3 Å². The summed E-state index contributed by atoms with van der Waals surface area (Å²) < 4.78 is 15.0. The van der Waals surface area contributed by atoms with Crippen molar-refractivity contribution in [1.29, 1.82) is 5.26 Å². The first-order chi connectivity index (χ1) is 16.5. The quantitative estimate of drug-likeness (QED) is 0.449. The average Bonchev–Trinajstić information content (AvgIpc) is 3.27. The number of nitrogens with zero attached hydrogens (tertiary/aromatic N) is 4. The van der Waals surface area contributed by atoms with Crippen LogP contribution in [-0.2, 0) is 11.0 Å². The molecule has 7 nitrogen and oxygen atoms in total. The van der Waals surface area contributed by atoms with E-state index in [0.29, 0.717) is 28.4 Å². The number of aromatic nitrogens is 2. The topological polar surface area (TPSA) is 86.0 Å². The summed E-state index contributed by atoms with van der Waals surface area (Å²) >= 11 is 0. The minimum Gasteiger partial charge on any atom is -0.368 e. The lowest BCUT2D eigenvalue weighted by atomic mass is 10.1. The number of hydrogen-bond donors (Lipinski definition) is 2. The number of nitriles is 1. The summed E-state index contributed by atoms with van der Waals surface area (Å²) in [5, 5.41) is 17.2. The molecule has 4 aromatic rings. The summed E-state index contributed by atoms with van der Waals surface area (Å²) in [6.45, 7) is 6.39. The molecule has 8 heteroatoms. The molecule has 172 valence electrons. The van der Waals surface area contributed by atoms with Crippen LogP contribution in [0.4, 0.5) is 17.2 Å². The predicted octanol–water partition coefficient (Wildman–Crippen LogP) is 4.41. The molecule has 0 spiro atoms. The van der Waals surface area contributed by atoms with Crippen molar-refractivity contribution in [3.05, 3.63) is 78.6 Å². The summed E-state index contributed by atoms with van der Waals surface area (Å²) in [6.07, 6.45) is 3.53. The molecule has 2 N–H and O–H groups in total. The Hall–Kier alpha value is -3.67. The molecule has 2 aromatic heterocycles. The molecule has 5 rings (SSSR count). The lowest BCUT2D eigenvalue weighted by Crippen LogP contribution is -2.54. The van der Waals surface area contributed by atoms with Gasteiger partial charge in [0.1, 0.15) is 11.9 Å². The predicted molar refractivity (Wildman–Crippen MR) is 137 cm³/mol. The van der Waals surface area contributed by atoms with Gasteiger partial charge in [0, 0.05) is 60.4 Å². The molecule has 0 radical (unpaired) electrons. The van der Waals surface area contributed by atoms with Crippen LogP contribution in [0.1, 0.15) is 19.4 Å². The van der Waals surface area contributed by atoms with E-state index in [0.717, 1.165) is 29.7 Å². The zero-order valence-electron chi connectivity index (χ0n) is 19.1. The SMILES string of the molecule is CC1CN(c2ccc(Nc3cc4c(ccn4S(=O)c4ccccc4C#N)cn3)cc2)CC(C)N1. The lowest BCUT2D eigenvalue weighted by molar-refractivity contribution is 0.407. The van der Waals surface area contributed by atoms with Crippen molar-refractivity contribution in [2.24, 2.45) is 0 Å². The minimum atomic E-state index is -1.54. The molecule has 2 aromatic carbocycles. The third-order valence-electron chi connectivity index (χ3n) is 5.98. The van der Waals surface area contributed by atoms with Crippen LogP contribution in [0.3, 0.4) is 0 Å². The molecule has 3 unspecified atom stereocenters. The van der Waals surface area contributed by atoms with E-state index < -0.39 is 11.0 Å². The maximum atomic E-state index is 13.3. The first kappa shape index (κ1) is 22.1. The van der Waals surface area contributed by atoms with E-state index in [-0.39, 0.29) is 0 Å². The summed E-state index contributed by atoms with van der Waals surface area (Å²) in [7, 11) is -1.54. The van der Waals surface area contributed by atoms with Gasteiger partial charge in [-0.15, -0.1) is 0 Å². The second kappa shape index (κ2) is 9.29. The molecular weight excluding hydrogens is 444 g/mol. The first-order valence-electron chi connectivity index (χ1n) is 11.3. The number of piperazine rings is 1. The molecule has 1 aliphatic heterocycles. The lowest BCUT2D eigenvalue weighted by Gasteiger charge is -2.37. The number of benzene rings is 2. The fraction of sp³-hybridized carbons (Fsp3) is 0.231. The number of anilines is 3. The van der Waals surface area contributed by atoms with E-state index in [4.69, 9.17) is 0 Å². The standard InChI is InChI=1S/C26H26N6OS/c1-18-16-31(17-19(2)29-18)23-9-7-22(8-10-23)30-26-13-24-21(15-28-26)11-12-32(24)34(33)25-6-4-3-5-20(25)14-27/h3-13,15,18-19,29H,16-17H2,1-2H3,(H,28,30). The van der Waals surface area contributed by atoms with Crippen LogP contribution in [0, 0.1) is 11.3 Å². The smallest absolute Gasteiger partial charge is 0.158 e.